The molecule has 3 rings (SSSR count). The highest BCUT2D eigenvalue weighted by Crippen LogP contribution is 2.22. The Labute approximate surface area is 121 Å². The Kier molecular flexibility index (Phi) is 3.47. The molecule has 3 aromatic rings. The van der Waals surface area contributed by atoms with Crippen molar-refractivity contribution in [3.8, 4) is 5.69 Å². The molecule has 0 amide bonds. The Morgan fingerprint density at radius 1 is 1.20 bits per heavy atom. The van der Waals surface area contributed by atoms with E-state index in [-0.39, 0.29) is 0 Å². The monoisotopic (exact) mass is 285 g/mol. The summed E-state index contributed by atoms with van der Waals surface area (Å²) in [6, 6.07) is 10.3. The van der Waals surface area contributed by atoms with Crippen LogP contribution < -0.4 is 5.32 Å². The molecule has 0 bridgehead atoms. The molecule has 1 N–H and O–H groups in total. The minimum absolute atomic E-state index is 0.848. The van der Waals surface area contributed by atoms with Gasteiger partial charge in [0.1, 0.15) is 6.33 Å². The molecule has 0 atom stereocenters. The maximum atomic E-state index is 3.86. The molecular weight excluding hydrogens is 270 g/mol. The largest absolute Gasteiger partial charge is 0.381 e. The molecule has 0 aliphatic rings. The van der Waals surface area contributed by atoms with Crippen LogP contribution in [0.25, 0.3) is 5.69 Å². The Bertz CT molecular complexity index is 685. The number of nitrogens with zero attached hydrogens (tertiary/aromatic N) is 4. The van der Waals surface area contributed by atoms with Gasteiger partial charge in [-0.25, -0.2) is 4.68 Å². The molecule has 0 spiro atoms. The van der Waals surface area contributed by atoms with Crippen LogP contribution in [0.3, 0.4) is 0 Å². The van der Waals surface area contributed by atoms with Crippen molar-refractivity contribution >= 4 is 17.0 Å². The SMILES string of the molecule is Cc1cc(CNc2ccc(-n3cnnn3)cc2)c(C)s1. The van der Waals surface area contributed by atoms with Gasteiger partial charge in [0.15, 0.2) is 0 Å². The second kappa shape index (κ2) is 5.42. The number of thiophene rings is 1. The van der Waals surface area contributed by atoms with Crippen LogP contribution in [0.4, 0.5) is 5.69 Å². The fourth-order valence-corrected chi connectivity index (χ4v) is 3.01. The van der Waals surface area contributed by atoms with Crippen LogP contribution >= 0.6 is 11.3 Å². The first-order valence-electron chi connectivity index (χ1n) is 6.35. The third-order valence-electron chi connectivity index (χ3n) is 3.11. The lowest BCUT2D eigenvalue weighted by Gasteiger charge is -2.07. The normalized spacial score (nSPS) is 10.7. The topological polar surface area (TPSA) is 55.6 Å². The van der Waals surface area contributed by atoms with E-state index in [0.717, 1.165) is 17.9 Å². The number of hydrogen-bond donors (Lipinski definition) is 1. The highest BCUT2D eigenvalue weighted by molar-refractivity contribution is 7.12. The van der Waals surface area contributed by atoms with E-state index in [1.807, 2.05) is 35.6 Å². The van der Waals surface area contributed by atoms with Crippen molar-refractivity contribution in [2.45, 2.75) is 20.4 Å². The second-order valence-corrected chi connectivity index (χ2v) is 6.05. The van der Waals surface area contributed by atoms with E-state index in [4.69, 9.17) is 0 Å². The smallest absolute Gasteiger partial charge is 0.143 e. The van der Waals surface area contributed by atoms with Gasteiger partial charge in [0.25, 0.3) is 0 Å². The molecule has 0 saturated carbocycles. The van der Waals surface area contributed by atoms with Gasteiger partial charge in [0.05, 0.1) is 5.69 Å². The van der Waals surface area contributed by atoms with Crippen molar-refractivity contribution in [1.29, 1.82) is 0 Å². The van der Waals surface area contributed by atoms with Crippen LogP contribution in [-0.4, -0.2) is 20.2 Å². The minimum atomic E-state index is 0.848. The number of nitrogens with one attached hydrogen (secondary N) is 1. The predicted octanol–water partition coefficient (Wildman–Crippen LogP) is 2.95. The van der Waals surface area contributed by atoms with Crippen molar-refractivity contribution < 1.29 is 0 Å². The molecule has 6 heteroatoms. The van der Waals surface area contributed by atoms with Crippen molar-refractivity contribution in [1.82, 2.24) is 20.2 Å². The Hall–Kier alpha value is -2.21. The average Bonchev–Trinajstić information content (AvgIpc) is 3.07. The summed E-state index contributed by atoms with van der Waals surface area (Å²) in [5, 5.41) is 14.5. The van der Waals surface area contributed by atoms with E-state index in [1.54, 1.807) is 11.0 Å². The van der Waals surface area contributed by atoms with Crippen molar-refractivity contribution in [3.63, 3.8) is 0 Å². The summed E-state index contributed by atoms with van der Waals surface area (Å²) in [5.41, 5.74) is 3.39. The summed E-state index contributed by atoms with van der Waals surface area (Å²) in [5.74, 6) is 0. The van der Waals surface area contributed by atoms with E-state index in [9.17, 15) is 0 Å². The quantitative estimate of drug-likeness (QED) is 0.800. The summed E-state index contributed by atoms with van der Waals surface area (Å²) in [6.45, 7) is 5.15. The van der Waals surface area contributed by atoms with Gasteiger partial charge in [-0.05, 0) is 60.2 Å². The van der Waals surface area contributed by atoms with Crippen molar-refractivity contribution in [2.75, 3.05) is 5.32 Å². The number of benzene rings is 1. The standard InChI is InChI=1S/C14H15N5S/c1-10-7-12(11(2)20-10)8-15-13-3-5-14(6-4-13)19-9-16-17-18-19/h3-7,9,15H,8H2,1-2H3. The second-order valence-electron chi connectivity index (χ2n) is 4.59. The number of hydrogen-bond acceptors (Lipinski definition) is 5. The molecule has 0 aliphatic carbocycles. The molecular formula is C14H15N5S. The van der Waals surface area contributed by atoms with Crippen LogP contribution in [0, 0.1) is 13.8 Å². The highest BCUT2D eigenvalue weighted by Gasteiger charge is 2.03. The van der Waals surface area contributed by atoms with Crippen LogP contribution in [0.5, 0.6) is 0 Å². The van der Waals surface area contributed by atoms with Gasteiger partial charge in [0.2, 0.25) is 0 Å². The fraction of sp³-hybridized carbons (Fsp3) is 0.214. The molecule has 2 aromatic heterocycles. The van der Waals surface area contributed by atoms with Crippen LogP contribution in [0.1, 0.15) is 15.3 Å². The van der Waals surface area contributed by atoms with Crippen LogP contribution in [0.15, 0.2) is 36.7 Å². The molecule has 2 heterocycles. The van der Waals surface area contributed by atoms with Crippen molar-refractivity contribution in [3.05, 3.63) is 52.0 Å². The van der Waals surface area contributed by atoms with Gasteiger partial charge in [-0.2, -0.15) is 0 Å². The lowest BCUT2D eigenvalue weighted by Crippen LogP contribution is -2.00. The lowest BCUT2D eigenvalue weighted by atomic mass is 10.2. The zero-order valence-corrected chi connectivity index (χ0v) is 12.2. The van der Waals surface area contributed by atoms with E-state index >= 15 is 0 Å². The van der Waals surface area contributed by atoms with Gasteiger partial charge in [-0.15, -0.1) is 16.4 Å². The number of anilines is 1. The van der Waals surface area contributed by atoms with Crippen molar-refractivity contribution in [2.24, 2.45) is 0 Å². The first kappa shape index (κ1) is 12.8. The molecule has 1 aromatic carbocycles. The van der Waals surface area contributed by atoms with E-state index in [2.05, 4.69) is 40.8 Å². The third-order valence-corrected chi connectivity index (χ3v) is 4.12. The Morgan fingerprint density at radius 2 is 2.00 bits per heavy atom. The summed E-state index contributed by atoms with van der Waals surface area (Å²) in [6.07, 6.45) is 1.58. The molecule has 0 saturated heterocycles. The Balaban J connectivity index is 1.68. The number of aromatic nitrogens is 4. The van der Waals surface area contributed by atoms with E-state index < -0.39 is 0 Å². The first-order chi connectivity index (χ1) is 9.72. The zero-order chi connectivity index (χ0) is 13.9. The van der Waals surface area contributed by atoms with E-state index in [1.165, 1.54) is 15.3 Å². The third kappa shape index (κ3) is 2.70. The molecule has 0 radical (unpaired) electrons. The molecule has 0 unspecified atom stereocenters. The molecule has 20 heavy (non-hydrogen) atoms. The highest BCUT2D eigenvalue weighted by atomic mass is 32.1. The maximum absolute atomic E-state index is 3.86. The maximum Gasteiger partial charge on any atom is 0.143 e. The van der Waals surface area contributed by atoms with E-state index in [0.29, 0.717) is 0 Å². The fourth-order valence-electron chi connectivity index (χ4n) is 2.07. The number of aryl methyl sites for hydroxylation is 2. The average molecular weight is 285 g/mol. The summed E-state index contributed by atoms with van der Waals surface area (Å²) in [4.78, 5) is 2.73. The Morgan fingerprint density at radius 3 is 2.60 bits per heavy atom. The number of rotatable bonds is 4. The van der Waals surface area contributed by atoms with Gasteiger partial charge in [-0.3, -0.25) is 0 Å². The summed E-state index contributed by atoms with van der Waals surface area (Å²) >= 11 is 1.84. The van der Waals surface area contributed by atoms with Crippen LogP contribution in [-0.2, 0) is 6.54 Å². The van der Waals surface area contributed by atoms with Gasteiger partial charge >= 0.3 is 0 Å². The minimum Gasteiger partial charge on any atom is -0.381 e. The lowest BCUT2D eigenvalue weighted by molar-refractivity contribution is 0.789. The van der Waals surface area contributed by atoms with Gasteiger partial charge in [-0.1, -0.05) is 0 Å². The first-order valence-corrected chi connectivity index (χ1v) is 7.17. The molecule has 0 fully saturated rings. The molecule has 5 nitrogen and oxygen atoms in total. The zero-order valence-electron chi connectivity index (χ0n) is 11.4. The van der Waals surface area contributed by atoms with Crippen LogP contribution in [0.2, 0.25) is 0 Å². The number of tetrazole rings is 1. The summed E-state index contributed by atoms with van der Waals surface area (Å²) < 4.78 is 1.64. The van der Waals surface area contributed by atoms with Gasteiger partial charge in [0, 0.05) is 22.0 Å². The predicted molar refractivity (Wildman–Crippen MR) is 80.3 cm³/mol. The van der Waals surface area contributed by atoms with Gasteiger partial charge < -0.3 is 5.32 Å². The summed E-state index contributed by atoms with van der Waals surface area (Å²) in [7, 11) is 0. The molecule has 0 aliphatic heterocycles. The molecule has 102 valence electrons.